The Bertz CT molecular complexity index is 248. The van der Waals surface area contributed by atoms with Crippen LogP contribution in [0.3, 0.4) is 0 Å². The number of rotatable bonds is 4. The van der Waals surface area contributed by atoms with Gasteiger partial charge in [0.2, 0.25) is 9.84 Å². The van der Waals surface area contributed by atoms with Gasteiger partial charge in [-0.05, 0) is 0 Å². The molecule has 0 rings (SSSR count). The molecule has 0 spiro atoms. The van der Waals surface area contributed by atoms with Crippen molar-refractivity contribution < 1.29 is 8.42 Å². The molecule has 0 aliphatic carbocycles. The van der Waals surface area contributed by atoms with E-state index in [0.29, 0.717) is 0 Å². The molecular weight excluding hydrogens is 592 g/mol. The van der Waals surface area contributed by atoms with Crippen LogP contribution in [0.25, 0.3) is 0 Å². The molecule has 0 fully saturated rings. The maximum atomic E-state index is 11.9. The van der Waals surface area contributed by atoms with E-state index in [1.807, 2.05) is 0 Å². The minimum atomic E-state index is -3.47. The van der Waals surface area contributed by atoms with Gasteiger partial charge in [-0.25, -0.2) is 8.42 Å². The first kappa shape index (κ1) is 15.8. The van der Waals surface area contributed by atoms with Gasteiger partial charge in [0.15, 0.2) is 5.13 Å². The molecule has 0 bridgehead atoms. The highest BCUT2D eigenvalue weighted by molar-refractivity contribution is 9.32. The van der Waals surface area contributed by atoms with Crippen LogP contribution in [0.4, 0.5) is 0 Å². The second kappa shape index (κ2) is 5.44. The standard InChI is InChI=1S/C4H4Br6O2S/c5-1-3(7,8)13(11,12)4(9,10)2-6/h1-2H2. The van der Waals surface area contributed by atoms with Crippen molar-refractivity contribution in [1.82, 2.24) is 0 Å². The number of sulfone groups is 1. The molecule has 2 nitrogen and oxygen atoms in total. The summed E-state index contributed by atoms with van der Waals surface area (Å²) < 4.78 is 21.4. The van der Waals surface area contributed by atoms with Crippen molar-refractivity contribution in [2.75, 3.05) is 10.7 Å². The second-order valence-electron chi connectivity index (χ2n) is 2.05. The predicted molar refractivity (Wildman–Crippen MR) is 77.7 cm³/mol. The van der Waals surface area contributed by atoms with E-state index in [4.69, 9.17) is 0 Å². The molecule has 0 unspecified atom stereocenters. The van der Waals surface area contributed by atoms with Gasteiger partial charge in [0.1, 0.15) is 0 Å². The van der Waals surface area contributed by atoms with Crippen LogP contribution in [0.15, 0.2) is 0 Å². The molecule has 0 N–H and O–H groups in total. The van der Waals surface area contributed by atoms with Gasteiger partial charge >= 0.3 is 0 Å². The van der Waals surface area contributed by atoms with Crippen LogP contribution >= 0.6 is 95.6 Å². The molecular formula is C4H4Br6O2S. The van der Waals surface area contributed by atoms with Gasteiger partial charge in [-0.1, -0.05) is 95.6 Å². The predicted octanol–water partition coefficient (Wildman–Crippen LogP) is 4.08. The molecule has 80 valence electrons. The van der Waals surface area contributed by atoms with Gasteiger partial charge in [0, 0.05) is 10.7 Å². The summed E-state index contributed by atoms with van der Waals surface area (Å²) in [6, 6.07) is 0. The van der Waals surface area contributed by atoms with Crippen LogP contribution < -0.4 is 0 Å². The summed E-state index contributed by atoms with van der Waals surface area (Å²) >= 11 is 18.5. The smallest absolute Gasteiger partial charge is 0.203 e. The summed E-state index contributed by atoms with van der Waals surface area (Å²) in [4.78, 5) is 0. The molecule has 0 aromatic carbocycles. The van der Waals surface area contributed by atoms with Crippen molar-refractivity contribution in [3.63, 3.8) is 0 Å². The van der Waals surface area contributed by atoms with E-state index in [1.165, 1.54) is 0 Å². The molecule has 9 heteroatoms. The fourth-order valence-corrected chi connectivity index (χ4v) is 8.82. The van der Waals surface area contributed by atoms with Crippen molar-refractivity contribution >= 4 is 105 Å². The molecule has 0 heterocycles. The van der Waals surface area contributed by atoms with Gasteiger partial charge < -0.3 is 0 Å². The monoisotopic (exact) mass is 590 g/mol. The second-order valence-corrected chi connectivity index (χ2v) is 15.2. The SMILES string of the molecule is O=S(=O)(C(Br)(Br)CBr)C(Br)(Br)CBr. The molecule has 0 atom stereocenters. The lowest BCUT2D eigenvalue weighted by molar-refractivity contribution is 0.592. The van der Waals surface area contributed by atoms with Gasteiger partial charge in [-0.2, -0.15) is 0 Å². The van der Waals surface area contributed by atoms with E-state index < -0.39 is 15.0 Å². The zero-order valence-electron chi connectivity index (χ0n) is 5.91. The summed E-state index contributed by atoms with van der Waals surface area (Å²) in [6.45, 7) is 0. The first-order valence-corrected chi connectivity index (χ1v) is 9.64. The Labute approximate surface area is 128 Å². The van der Waals surface area contributed by atoms with Crippen molar-refractivity contribution in [3.8, 4) is 0 Å². The number of alkyl halides is 6. The maximum absolute atomic E-state index is 11.9. The molecule has 0 aliphatic heterocycles. The summed E-state index contributed by atoms with van der Waals surface area (Å²) in [5.74, 6) is 0. The normalized spacial score (nSPS) is 14.6. The van der Waals surface area contributed by atoms with E-state index in [-0.39, 0.29) is 10.7 Å². The Balaban J connectivity index is 5.23. The average molecular weight is 596 g/mol. The highest BCUT2D eigenvalue weighted by Crippen LogP contribution is 2.47. The van der Waals surface area contributed by atoms with Gasteiger partial charge in [0.05, 0.1) is 0 Å². The highest BCUT2D eigenvalue weighted by atomic mass is 79.9. The average Bonchev–Trinajstić information content (AvgIpc) is 2.03. The first-order valence-electron chi connectivity index (χ1n) is 2.74. The van der Waals surface area contributed by atoms with Crippen LogP contribution in [-0.2, 0) is 9.84 Å². The molecule has 0 saturated heterocycles. The summed E-state index contributed by atoms with van der Waals surface area (Å²) in [5, 5.41) is 0.461. The zero-order valence-corrected chi connectivity index (χ0v) is 16.2. The molecule has 0 aromatic heterocycles. The Morgan fingerprint density at radius 1 is 0.846 bits per heavy atom. The molecule has 0 aromatic rings. The van der Waals surface area contributed by atoms with E-state index in [2.05, 4.69) is 95.6 Å². The van der Waals surface area contributed by atoms with Crippen molar-refractivity contribution in [2.24, 2.45) is 0 Å². The third-order valence-electron chi connectivity index (χ3n) is 1.10. The molecule has 0 amide bonds. The lowest BCUT2D eigenvalue weighted by Crippen LogP contribution is -2.40. The molecule has 13 heavy (non-hydrogen) atoms. The van der Waals surface area contributed by atoms with Crippen LogP contribution in [0.2, 0.25) is 0 Å². The van der Waals surface area contributed by atoms with E-state index >= 15 is 0 Å². The van der Waals surface area contributed by atoms with Crippen LogP contribution in [0.1, 0.15) is 0 Å². The van der Waals surface area contributed by atoms with Gasteiger partial charge in [-0.3, -0.25) is 0 Å². The van der Waals surface area contributed by atoms with Crippen molar-refractivity contribution in [2.45, 2.75) is 5.13 Å². The minimum absolute atomic E-state index is 0.230. The summed E-state index contributed by atoms with van der Waals surface area (Å²) in [7, 11) is -3.47. The Kier molecular flexibility index (Phi) is 6.63. The maximum Gasteiger partial charge on any atom is 0.203 e. The fourth-order valence-electron chi connectivity index (χ4n) is 0.362. The lowest BCUT2D eigenvalue weighted by Gasteiger charge is -2.26. The van der Waals surface area contributed by atoms with Crippen LogP contribution in [-0.4, -0.2) is 24.2 Å². The third-order valence-corrected chi connectivity index (χ3v) is 14.6. The Morgan fingerprint density at radius 2 is 1.08 bits per heavy atom. The Hall–Kier alpha value is 2.83. The zero-order chi connectivity index (χ0) is 10.9. The molecule has 0 radical (unpaired) electrons. The van der Waals surface area contributed by atoms with Crippen LogP contribution in [0.5, 0.6) is 0 Å². The fraction of sp³-hybridized carbons (Fsp3) is 1.00. The number of halogens is 6. The van der Waals surface area contributed by atoms with Gasteiger partial charge in [-0.15, -0.1) is 0 Å². The first-order chi connectivity index (χ1) is 5.62. The largest absolute Gasteiger partial charge is 0.224 e. The van der Waals surface area contributed by atoms with Crippen molar-refractivity contribution in [1.29, 1.82) is 0 Å². The minimum Gasteiger partial charge on any atom is -0.224 e. The lowest BCUT2D eigenvalue weighted by atomic mass is 10.9. The summed E-state index contributed by atoms with van der Waals surface area (Å²) in [6.07, 6.45) is 0. The summed E-state index contributed by atoms with van der Waals surface area (Å²) in [5.41, 5.74) is 0. The van der Waals surface area contributed by atoms with Crippen LogP contribution in [0, 0.1) is 0 Å². The van der Waals surface area contributed by atoms with E-state index in [9.17, 15) is 8.42 Å². The van der Waals surface area contributed by atoms with Crippen molar-refractivity contribution in [3.05, 3.63) is 0 Å². The van der Waals surface area contributed by atoms with E-state index in [0.717, 1.165) is 0 Å². The van der Waals surface area contributed by atoms with Gasteiger partial charge in [0.25, 0.3) is 0 Å². The Morgan fingerprint density at radius 3 is 1.23 bits per heavy atom. The molecule has 0 saturated carbocycles. The number of hydrogen-bond acceptors (Lipinski definition) is 2. The quantitative estimate of drug-likeness (QED) is 0.460. The van der Waals surface area contributed by atoms with E-state index in [1.54, 1.807) is 0 Å². The third kappa shape index (κ3) is 3.39. The number of hydrogen-bond donors (Lipinski definition) is 0. The topological polar surface area (TPSA) is 34.1 Å². The highest BCUT2D eigenvalue weighted by Gasteiger charge is 2.50. The molecule has 0 aliphatic rings.